The standard InChI is InChI=1S/C73H131N2O7P/c1-7-10-13-16-19-22-25-28-30-32-34-36-37-39-40-42-44-47-50-53-56-59-62-65-72(76)74-70(69-81-83(78,79)80-68-67-75(4,5)6)71(64-61-58-55-52-49-46-27-24-21-18-15-12-9-3)82-73(77)66-63-60-57-54-51-48-45-43-41-38-35-33-31-29-26-23-20-17-14-11-8-2/h10,13,19,22,28-31,34,36,39-40,44,47,61,64,70-71H,7-9,11-12,14-18,20-21,23-27,32-33,35,37-38,41-43,45-46,48-60,62-63,65-69H2,1-6H3,(H-,74,76,78,79)/p+1/b13-10-,22-19-,30-28-,31-29+,36-34-,40-39-,47-44-,64-61+. The highest BCUT2D eigenvalue weighted by Gasteiger charge is 2.30. The molecule has 0 heterocycles. The van der Waals surface area contributed by atoms with E-state index in [0.29, 0.717) is 23.9 Å². The molecular formula is C73H132N2O7P+. The highest BCUT2D eigenvalue weighted by atomic mass is 31.2. The second kappa shape index (κ2) is 62.0. The Balaban J connectivity index is 5.22. The van der Waals surface area contributed by atoms with Gasteiger partial charge >= 0.3 is 13.8 Å². The number of allylic oxidation sites excluding steroid dienone is 15. The summed E-state index contributed by atoms with van der Waals surface area (Å²) in [5.74, 6) is -0.531. The summed E-state index contributed by atoms with van der Waals surface area (Å²) in [6, 6.07) is -0.868. The number of nitrogens with one attached hydrogen (secondary N) is 1. The molecule has 0 aromatic heterocycles. The van der Waals surface area contributed by atoms with E-state index in [4.69, 9.17) is 13.8 Å². The van der Waals surface area contributed by atoms with Gasteiger partial charge in [0.05, 0.1) is 33.8 Å². The van der Waals surface area contributed by atoms with E-state index in [1.54, 1.807) is 0 Å². The molecule has 83 heavy (non-hydrogen) atoms. The van der Waals surface area contributed by atoms with E-state index in [0.717, 1.165) is 103 Å². The quantitative estimate of drug-likeness (QED) is 0.0205. The van der Waals surface area contributed by atoms with Crippen LogP contribution in [0.5, 0.6) is 0 Å². The molecule has 0 aliphatic heterocycles. The Morgan fingerprint density at radius 1 is 0.434 bits per heavy atom. The van der Waals surface area contributed by atoms with E-state index < -0.39 is 20.0 Å². The van der Waals surface area contributed by atoms with Crippen molar-refractivity contribution in [3.8, 4) is 0 Å². The van der Waals surface area contributed by atoms with Crippen molar-refractivity contribution in [2.75, 3.05) is 40.9 Å². The number of nitrogens with zero attached hydrogens (tertiary/aromatic N) is 1. The zero-order valence-corrected chi connectivity index (χ0v) is 55.8. The van der Waals surface area contributed by atoms with Crippen LogP contribution in [0, 0.1) is 0 Å². The van der Waals surface area contributed by atoms with Crippen molar-refractivity contribution in [2.24, 2.45) is 0 Å². The number of carbonyl (C=O) groups excluding carboxylic acids is 2. The molecule has 0 saturated heterocycles. The number of quaternary nitrogens is 1. The molecule has 0 spiro atoms. The van der Waals surface area contributed by atoms with E-state index >= 15 is 0 Å². The molecule has 3 atom stereocenters. The number of rotatable bonds is 62. The number of esters is 1. The number of unbranched alkanes of at least 4 members (excludes halogenated alkanes) is 32. The molecule has 0 fully saturated rings. The molecule has 0 bridgehead atoms. The lowest BCUT2D eigenvalue weighted by atomic mass is 10.0. The van der Waals surface area contributed by atoms with Crippen molar-refractivity contribution in [3.63, 3.8) is 0 Å². The third-order valence-corrected chi connectivity index (χ3v) is 16.0. The molecule has 3 unspecified atom stereocenters. The van der Waals surface area contributed by atoms with Crippen LogP contribution in [0.25, 0.3) is 0 Å². The highest BCUT2D eigenvalue weighted by molar-refractivity contribution is 7.47. The summed E-state index contributed by atoms with van der Waals surface area (Å²) in [5.41, 5.74) is 0. The minimum absolute atomic E-state index is 0.0311. The van der Waals surface area contributed by atoms with Crippen molar-refractivity contribution in [3.05, 3.63) is 97.2 Å². The summed E-state index contributed by atoms with van der Waals surface area (Å²) in [4.78, 5) is 37.9. The smallest absolute Gasteiger partial charge is 0.456 e. The molecule has 10 heteroatoms. The van der Waals surface area contributed by atoms with Gasteiger partial charge in [0.1, 0.15) is 19.3 Å². The first kappa shape index (κ1) is 79.9. The second-order valence-electron chi connectivity index (χ2n) is 24.3. The predicted octanol–water partition coefficient (Wildman–Crippen LogP) is 21.9. The number of carbonyl (C=O) groups is 2. The van der Waals surface area contributed by atoms with E-state index in [1.807, 2.05) is 33.3 Å². The maximum Gasteiger partial charge on any atom is 0.472 e. The third-order valence-electron chi connectivity index (χ3n) is 15.0. The van der Waals surface area contributed by atoms with Crippen LogP contribution < -0.4 is 5.32 Å². The van der Waals surface area contributed by atoms with E-state index in [1.165, 1.54) is 161 Å². The number of likely N-dealkylation sites (N-methyl/N-ethyl adjacent to an activating group) is 1. The topological polar surface area (TPSA) is 111 Å². The van der Waals surface area contributed by atoms with Gasteiger partial charge < -0.3 is 19.4 Å². The molecule has 2 N–H and O–H groups in total. The largest absolute Gasteiger partial charge is 0.472 e. The van der Waals surface area contributed by atoms with Gasteiger partial charge in [-0.25, -0.2) is 4.57 Å². The van der Waals surface area contributed by atoms with Gasteiger partial charge in [-0.1, -0.05) is 279 Å². The van der Waals surface area contributed by atoms with Crippen molar-refractivity contribution in [1.82, 2.24) is 5.32 Å². The fourth-order valence-corrected chi connectivity index (χ4v) is 10.4. The summed E-state index contributed by atoms with van der Waals surface area (Å²) in [6.45, 7) is 6.90. The van der Waals surface area contributed by atoms with Gasteiger partial charge in [0.25, 0.3) is 0 Å². The van der Waals surface area contributed by atoms with Crippen LogP contribution in [0.1, 0.15) is 303 Å². The van der Waals surface area contributed by atoms with E-state index in [9.17, 15) is 19.0 Å². The van der Waals surface area contributed by atoms with Crippen LogP contribution in [0.2, 0.25) is 0 Å². The van der Waals surface area contributed by atoms with Crippen LogP contribution in [0.15, 0.2) is 97.2 Å². The lowest BCUT2D eigenvalue weighted by molar-refractivity contribution is -0.870. The van der Waals surface area contributed by atoms with Crippen LogP contribution in [0.3, 0.4) is 0 Å². The Labute approximate surface area is 513 Å². The number of ether oxygens (including phenoxy) is 1. The Bertz CT molecular complexity index is 1740. The van der Waals surface area contributed by atoms with Crippen molar-refractivity contribution < 1.29 is 37.3 Å². The minimum atomic E-state index is -4.47. The lowest BCUT2D eigenvalue weighted by Crippen LogP contribution is -2.47. The van der Waals surface area contributed by atoms with Crippen molar-refractivity contribution in [1.29, 1.82) is 0 Å². The molecule has 0 aromatic rings. The maximum absolute atomic E-state index is 13.6. The SMILES string of the molecule is CC/C=C\C/C=C\C/C=C\C/C=C\C/C=C\C/C=C\CCCCCCC(=O)NC(COP(=O)(O)OCC[N+](C)(C)C)C(/C=C/CCCCCCCCCCCCC)OC(=O)CCCCCCCCCCCCC/C=C/CCCCCCCC. The van der Waals surface area contributed by atoms with E-state index in [-0.39, 0.29) is 31.5 Å². The van der Waals surface area contributed by atoms with Crippen LogP contribution in [-0.2, 0) is 27.9 Å². The number of hydrogen-bond donors (Lipinski definition) is 2. The Hall–Kier alpha value is -3.07. The maximum atomic E-state index is 13.6. The Morgan fingerprint density at radius 3 is 1.17 bits per heavy atom. The van der Waals surface area contributed by atoms with Crippen LogP contribution >= 0.6 is 7.82 Å². The zero-order chi connectivity index (χ0) is 60.7. The molecule has 0 aliphatic rings. The average Bonchev–Trinajstić information content (AvgIpc) is 3.46. The molecule has 1 amide bonds. The number of amides is 1. The summed E-state index contributed by atoms with van der Waals surface area (Å²) >= 11 is 0. The lowest BCUT2D eigenvalue weighted by Gasteiger charge is -2.27. The zero-order valence-electron chi connectivity index (χ0n) is 54.9. The van der Waals surface area contributed by atoms with Gasteiger partial charge in [0.2, 0.25) is 5.91 Å². The van der Waals surface area contributed by atoms with Gasteiger partial charge in [0, 0.05) is 12.8 Å². The Morgan fingerprint density at radius 2 is 0.771 bits per heavy atom. The van der Waals surface area contributed by atoms with Gasteiger partial charge in [-0.3, -0.25) is 18.6 Å². The molecule has 0 saturated carbocycles. The summed E-state index contributed by atoms with van der Waals surface area (Å²) in [6.07, 6.45) is 84.1. The molecule has 0 aliphatic carbocycles. The monoisotopic (exact) mass is 1180 g/mol. The average molecular weight is 1180 g/mol. The van der Waals surface area contributed by atoms with E-state index in [2.05, 4.69) is 111 Å². The van der Waals surface area contributed by atoms with Gasteiger partial charge in [-0.2, -0.15) is 0 Å². The molecule has 480 valence electrons. The van der Waals surface area contributed by atoms with Gasteiger partial charge in [0.15, 0.2) is 0 Å². The van der Waals surface area contributed by atoms with Crippen molar-refractivity contribution in [2.45, 2.75) is 315 Å². The molecule has 9 nitrogen and oxygen atoms in total. The van der Waals surface area contributed by atoms with Gasteiger partial charge in [-0.15, -0.1) is 0 Å². The van der Waals surface area contributed by atoms with Crippen LogP contribution in [-0.4, -0.2) is 74.3 Å². The fourth-order valence-electron chi connectivity index (χ4n) is 9.70. The normalized spacial score (nSPS) is 14.2. The van der Waals surface area contributed by atoms with Crippen molar-refractivity contribution >= 4 is 19.7 Å². The minimum Gasteiger partial charge on any atom is -0.456 e. The second-order valence-corrected chi connectivity index (χ2v) is 25.8. The first-order valence-electron chi connectivity index (χ1n) is 34.6. The van der Waals surface area contributed by atoms with Gasteiger partial charge in [-0.05, 0) is 109 Å². The molecule has 0 aromatic carbocycles. The molecule has 0 radical (unpaired) electrons. The van der Waals surface area contributed by atoms with Crippen LogP contribution in [0.4, 0.5) is 0 Å². The Kier molecular flexibility index (Phi) is 59.7. The number of phosphoric ester groups is 1. The number of hydrogen-bond acceptors (Lipinski definition) is 6. The predicted molar refractivity (Wildman–Crippen MR) is 360 cm³/mol. The summed E-state index contributed by atoms with van der Waals surface area (Å²) < 4.78 is 30.8. The summed E-state index contributed by atoms with van der Waals surface area (Å²) in [7, 11) is 1.47. The highest BCUT2D eigenvalue weighted by Crippen LogP contribution is 2.43. The first-order chi connectivity index (χ1) is 40.4. The first-order valence-corrected chi connectivity index (χ1v) is 36.1. The molecule has 0 rings (SSSR count). The fraction of sp³-hybridized carbons (Fsp3) is 0.753. The number of phosphoric acid groups is 1. The molecular weight excluding hydrogens is 1050 g/mol. The summed E-state index contributed by atoms with van der Waals surface area (Å²) in [5, 5.41) is 3.05. The third kappa shape index (κ3) is 63.3.